The molecule has 66 valence electrons. The first-order chi connectivity index (χ1) is 5.70. The number of carbonyl (C=O) groups is 1. The Labute approximate surface area is 72.8 Å². The lowest BCUT2D eigenvalue weighted by Crippen LogP contribution is -1.98. The molecule has 3 heteroatoms. The van der Waals surface area contributed by atoms with Crippen molar-refractivity contribution in [2.75, 3.05) is 0 Å². The van der Waals surface area contributed by atoms with Gasteiger partial charge in [0.2, 0.25) is 0 Å². The molecule has 0 fully saturated rings. The summed E-state index contributed by atoms with van der Waals surface area (Å²) < 4.78 is 0. The summed E-state index contributed by atoms with van der Waals surface area (Å²) in [6.45, 7) is 7.35. The van der Waals surface area contributed by atoms with Crippen LogP contribution in [-0.4, -0.2) is 16.0 Å². The van der Waals surface area contributed by atoms with E-state index in [1.165, 1.54) is 6.92 Å². The normalized spacial score (nSPS) is 8.33. The molecule has 0 radical (unpaired) electrons. The second kappa shape index (κ2) is 5.41. The molecule has 0 aliphatic heterocycles. The van der Waals surface area contributed by atoms with E-state index in [0.717, 1.165) is 5.56 Å². The van der Waals surface area contributed by atoms with E-state index in [4.69, 9.17) is 0 Å². The van der Waals surface area contributed by atoms with Gasteiger partial charge in [0.05, 0.1) is 6.20 Å². The molecule has 1 heterocycles. The highest BCUT2D eigenvalue weighted by molar-refractivity contribution is 5.91. The smallest absolute Gasteiger partial charge is 0.180 e. The Kier molecular flexibility index (Phi) is 4.84. The Bertz CT molecular complexity index is 258. The average Bonchev–Trinajstić information content (AvgIpc) is 2.08. The van der Waals surface area contributed by atoms with E-state index < -0.39 is 0 Å². The predicted octanol–water partition coefficient (Wildman–Crippen LogP) is 2.01. The van der Waals surface area contributed by atoms with Gasteiger partial charge in [-0.05, 0) is 18.6 Å². The molecule has 0 saturated carbocycles. The minimum absolute atomic E-state index is 0.0452. The first-order valence-corrected chi connectivity index (χ1v) is 4.00. The minimum atomic E-state index is -0.0452. The van der Waals surface area contributed by atoms with Gasteiger partial charge in [-0.2, -0.15) is 5.10 Å². The molecule has 0 N–H and O–H groups in total. The van der Waals surface area contributed by atoms with Crippen LogP contribution in [0.1, 0.15) is 36.8 Å². The molecule has 0 amide bonds. The van der Waals surface area contributed by atoms with Crippen molar-refractivity contribution in [1.82, 2.24) is 10.2 Å². The van der Waals surface area contributed by atoms with Crippen molar-refractivity contribution in [3.05, 3.63) is 23.5 Å². The van der Waals surface area contributed by atoms with E-state index >= 15 is 0 Å². The van der Waals surface area contributed by atoms with E-state index in [9.17, 15) is 4.79 Å². The third-order valence-electron chi connectivity index (χ3n) is 1.15. The molecular formula is C9H14N2O. The summed E-state index contributed by atoms with van der Waals surface area (Å²) in [6, 6.07) is 1.72. The summed E-state index contributed by atoms with van der Waals surface area (Å²) in [6.07, 6.45) is 1.62. The van der Waals surface area contributed by atoms with Crippen LogP contribution in [0.25, 0.3) is 0 Å². The SMILES string of the molecule is CC.CC(=O)c1cc(C)cnn1. The molecule has 0 saturated heterocycles. The predicted molar refractivity (Wildman–Crippen MR) is 48.1 cm³/mol. The van der Waals surface area contributed by atoms with Crippen LogP contribution in [0.3, 0.4) is 0 Å². The molecule has 0 aliphatic rings. The van der Waals surface area contributed by atoms with Crippen LogP contribution in [0, 0.1) is 6.92 Å². The van der Waals surface area contributed by atoms with Gasteiger partial charge in [0.25, 0.3) is 0 Å². The minimum Gasteiger partial charge on any atom is -0.293 e. The van der Waals surface area contributed by atoms with Gasteiger partial charge in [0, 0.05) is 6.92 Å². The first-order valence-electron chi connectivity index (χ1n) is 4.00. The maximum atomic E-state index is 10.7. The average molecular weight is 166 g/mol. The molecule has 1 aromatic rings. The van der Waals surface area contributed by atoms with Gasteiger partial charge < -0.3 is 0 Å². The maximum Gasteiger partial charge on any atom is 0.180 e. The number of ketones is 1. The molecule has 1 rings (SSSR count). The van der Waals surface area contributed by atoms with Crippen LogP contribution in [0.5, 0.6) is 0 Å². The van der Waals surface area contributed by atoms with Gasteiger partial charge in [-0.3, -0.25) is 4.79 Å². The van der Waals surface area contributed by atoms with Crippen LogP contribution in [0.4, 0.5) is 0 Å². The van der Waals surface area contributed by atoms with E-state index in [1.54, 1.807) is 12.3 Å². The molecule has 12 heavy (non-hydrogen) atoms. The summed E-state index contributed by atoms with van der Waals surface area (Å²) in [7, 11) is 0. The zero-order valence-corrected chi connectivity index (χ0v) is 7.96. The Morgan fingerprint density at radius 1 is 1.42 bits per heavy atom. The fourth-order valence-electron chi connectivity index (χ4n) is 0.636. The molecule has 0 bridgehead atoms. The highest BCUT2D eigenvalue weighted by Gasteiger charge is 1.99. The third-order valence-corrected chi connectivity index (χ3v) is 1.15. The van der Waals surface area contributed by atoms with Gasteiger partial charge in [-0.15, -0.1) is 5.10 Å². The number of nitrogens with zero attached hydrogens (tertiary/aromatic N) is 2. The number of carbonyl (C=O) groups excluding carboxylic acids is 1. The van der Waals surface area contributed by atoms with E-state index in [-0.39, 0.29) is 5.78 Å². The molecule has 0 aliphatic carbocycles. The van der Waals surface area contributed by atoms with E-state index in [2.05, 4.69) is 10.2 Å². The van der Waals surface area contributed by atoms with Gasteiger partial charge in [-0.1, -0.05) is 13.8 Å². The molecule has 1 aromatic heterocycles. The second-order valence-electron chi connectivity index (χ2n) is 2.17. The second-order valence-corrected chi connectivity index (χ2v) is 2.17. The van der Waals surface area contributed by atoms with Crippen molar-refractivity contribution in [3.63, 3.8) is 0 Å². The number of aryl methyl sites for hydroxylation is 1. The molecular weight excluding hydrogens is 152 g/mol. The fraction of sp³-hybridized carbons (Fsp3) is 0.444. The lowest BCUT2D eigenvalue weighted by atomic mass is 10.2. The summed E-state index contributed by atoms with van der Waals surface area (Å²) >= 11 is 0. The first kappa shape index (κ1) is 10.8. The lowest BCUT2D eigenvalue weighted by Gasteiger charge is -1.92. The van der Waals surface area contributed by atoms with Crippen LogP contribution >= 0.6 is 0 Å². The van der Waals surface area contributed by atoms with Gasteiger partial charge in [-0.25, -0.2) is 0 Å². The quantitative estimate of drug-likeness (QED) is 0.599. The van der Waals surface area contributed by atoms with Crippen molar-refractivity contribution >= 4 is 5.78 Å². The topological polar surface area (TPSA) is 42.9 Å². The zero-order chi connectivity index (χ0) is 9.56. The van der Waals surface area contributed by atoms with Gasteiger partial charge in [0.15, 0.2) is 5.78 Å². The highest BCUT2D eigenvalue weighted by Crippen LogP contribution is 1.97. The van der Waals surface area contributed by atoms with Gasteiger partial charge in [0.1, 0.15) is 5.69 Å². The fourth-order valence-corrected chi connectivity index (χ4v) is 0.636. The zero-order valence-electron chi connectivity index (χ0n) is 7.96. The number of hydrogen-bond donors (Lipinski definition) is 0. The standard InChI is InChI=1S/C7H8N2O.C2H6/c1-5-3-7(6(2)10)9-8-4-5;1-2/h3-4H,1-2H3;1-2H3. The van der Waals surface area contributed by atoms with Crippen molar-refractivity contribution in [2.45, 2.75) is 27.7 Å². The Morgan fingerprint density at radius 3 is 2.33 bits per heavy atom. The summed E-state index contributed by atoms with van der Waals surface area (Å²) in [4.78, 5) is 10.7. The Hall–Kier alpha value is -1.25. The molecule has 0 aromatic carbocycles. The molecule has 3 nitrogen and oxygen atoms in total. The van der Waals surface area contributed by atoms with Crippen LogP contribution in [0.15, 0.2) is 12.3 Å². The summed E-state index contributed by atoms with van der Waals surface area (Å²) in [5, 5.41) is 7.27. The van der Waals surface area contributed by atoms with E-state index in [1.807, 2.05) is 20.8 Å². The van der Waals surface area contributed by atoms with Crippen LogP contribution in [-0.2, 0) is 0 Å². The monoisotopic (exact) mass is 166 g/mol. The number of rotatable bonds is 1. The summed E-state index contributed by atoms with van der Waals surface area (Å²) in [5.74, 6) is -0.0452. The van der Waals surface area contributed by atoms with Crippen molar-refractivity contribution in [1.29, 1.82) is 0 Å². The molecule has 0 atom stereocenters. The van der Waals surface area contributed by atoms with Crippen molar-refractivity contribution in [2.24, 2.45) is 0 Å². The lowest BCUT2D eigenvalue weighted by molar-refractivity contribution is 0.101. The maximum absolute atomic E-state index is 10.7. The number of aromatic nitrogens is 2. The highest BCUT2D eigenvalue weighted by atomic mass is 16.1. The van der Waals surface area contributed by atoms with Crippen LogP contribution < -0.4 is 0 Å². The number of Topliss-reactive ketones (excluding diaryl/α,β-unsaturated/α-hetero) is 1. The number of hydrogen-bond acceptors (Lipinski definition) is 3. The van der Waals surface area contributed by atoms with Crippen molar-refractivity contribution in [3.8, 4) is 0 Å². The Balaban J connectivity index is 0.000000561. The summed E-state index contributed by atoms with van der Waals surface area (Å²) in [5.41, 5.74) is 1.39. The Morgan fingerprint density at radius 2 is 2.00 bits per heavy atom. The van der Waals surface area contributed by atoms with Crippen LogP contribution in [0.2, 0.25) is 0 Å². The molecule has 0 spiro atoms. The van der Waals surface area contributed by atoms with E-state index in [0.29, 0.717) is 5.69 Å². The molecule has 0 unspecified atom stereocenters. The van der Waals surface area contributed by atoms with Gasteiger partial charge >= 0.3 is 0 Å². The van der Waals surface area contributed by atoms with Crippen molar-refractivity contribution < 1.29 is 4.79 Å². The largest absolute Gasteiger partial charge is 0.293 e. The third kappa shape index (κ3) is 3.23.